The molecule has 0 aromatic carbocycles. The average Bonchev–Trinajstić information content (AvgIpc) is 3.13. The van der Waals surface area contributed by atoms with E-state index in [1.165, 1.54) is 12.1 Å². The van der Waals surface area contributed by atoms with Gasteiger partial charge in [-0.2, -0.15) is 0 Å². The van der Waals surface area contributed by atoms with Crippen molar-refractivity contribution in [3.8, 4) is 11.5 Å². The maximum absolute atomic E-state index is 13.3. The van der Waals surface area contributed by atoms with Gasteiger partial charge in [0, 0.05) is 87.2 Å². The fraction of sp³-hybridized carbons (Fsp3) is 0.487. The Bertz CT molecular complexity index is 1920. The molecule has 55 heavy (non-hydrogen) atoms. The summed E-state index contributed by atoms with van der Waals surface area (Å²) in [7, 11) is 5.05. The first-order chi connectivity index (χ1) is 25.8. The largest absolute Gasteiger partial charge is 0.505 e. The first-order valence-corrected chi connectivity index (χ1v) is 18.2. The lowest BCUT2D eigenvalue weighted by Gasteiger charge is -2.35. The number of amides is 4. The van der Waals surface area contributed by atoms with Crippen LogP contribution in [0.1, 0.15) is 88.0 Å². The van der Waals surface area contributed by atoms with Gasteiger partial charge >= 0.3 is 0 Å². The van der Waals surface area contributed by atoms with Gasteiger partial charge in [0.15, 0.2) is 11.5 Å². The quantitative estimate of drug-likeness (QED) is 0.117. The third kappa shape index (κ3) is 11.4. The molecule has 2 aromatic heterocycles. The van der Waals surface area contributed by atoms with Crippen LogP contribution in [-0.2, 0) is 46.4 Å². The zero-order chi connectivity index (χ0) is 41.2. The summed E-state index contributed by atoms with van der Waals surface area (Å²) >= 11 is 0. The fourth-order valence-electron chi connectivity index (χ4n) is 6.34. The van der Waals surface area contributed by atoms with Crippen LogP contribution in [0.25, 0.3) is 0 Å². The molecule has 0 unspecified atom stereocenters. The minimum atomic E-state index is -1.22. The van der Waals surface area contributed by atoms with E-state index in [-0.39, 0.29) is 87.6 Å². The Balaban J connectivity index is 1.83. The van der Waals surface area contributed by atoms with Crippen molar-refractivity contribution in [2.75, 3.05) is 13.6 Å². The van der Waals surface area contributed by atoms with Crippen molar-refractivity contribution >= 4 is 23.6 Å². The predicted octanol–water partition coefficient (Wildman–Crippen LogP) is 2.33. The maximum Gasteiger partial charge on any atom is 0.223 e. The van der Waals surface area contributed by atoms with E-state index in [2.05, 4.69) is 27.8 Å². The van der Waals surface area contributed by atoms with Crippen molar-refractivity contribution < 1.29 is 34.5 Å². The molecule has 7 N–H and O–H groups in total. The summed E-state index contributed by atoms with van der Waals surface area (Å²) in [5.74, 6) is -2.67. The first-order valence-electron chi connectivity index (χ1n) is 18.2. The van der Waals surface area contributed by atoms with Crippen LogP contribution in [0.2, 0.25) is 0 Å². The molecular formula is C39H55N7O9. The molecule has 0 spiro atoms. The van der Waals surface area contributed by atoms with Gasteiger partial charge in [0.2, 0.25) is 34.5 Å². The SMILES string of the molecule is C=C1C=C(C)N(C)C(CNC(=O)CCC(CCC(=O)NCc2c(O)c(=O)cc(C)n2C)(CCC(=O)NCc2c(O)c(=O)cc(C)n2C)NC(=O)CCC)=C1O. The molecule has 300 valence electrons. The third-order valence-corrected chi connectivity index (χ3v) is 10.2. The van der Waals surface area contributed by atoms with Crippen LogP contribution in [0.5, 0.6) is 11.5 Å². The summed E-state index contributed by atoms with van der Waals surface area (Å²) in [5, 5.41) is 42.6. The summed E-state index contributed by atoms with van der Waals surface area (Å²) in [5.41, 5.74) is 0.900. The molecular weight excluding hydrogens is 710 g/mol. The monoisotopic (exact) mass is 765 g/mol. The van der Waals surface area contributed by atoms with Gasteiger partial charge in [-0.1, -0.05) is 13.5 Å². The highest BCUT2D eigenvalue weighted by Gasteiger charge is 2.34. The molecule has 3 heterocycles. The molecule has 2 aromatic rings. The summed E-state index contributed by atoms with van der Waals surface area (Å²) < 4.78 is 3.18. The van der Waals surface area contributed by atoms with Gasteiger partial charge in [-0.05, 0) is 52.5 Å². The van der Waals surface area contributed by atoms with Crippen LogP contribution in [0.4, 0.5) is 0 Å². The number of aryl methyl sites for hydroxylation is 2. The molecule has 0 saturated heterocycles. The number of aromatic nitrogens is 2. The van der Waals surface area contributed by atoms with Gasteiger partial charge in [0.05, 0.1) is 36.7 Å². The molecule has 4 amide bonds. The number of hydrogen-bond donors (Lipinski definition) is 7. The summed E-state index contributed by atoms with van der Waals surface area (Å²) in [6, 6.07) is 2.57. The van der Waals surface area contributed by atoms with Crippen molar-refractivity contribution in [3.63, 3.8) is 0 Å². The van der Waals surface area contributed by atoms with Crippen molar-refractivity contribution in [1.29, 1.82) is 0 Å². The Morgan fingerprint density at radius 1 is 0.691 bits per heavy atom. The lowest BCUT2D eigenvalue weighted by atomic mass is 9.83. The number of carbonyl (C=O) groups is 4. The molecule has 16 heteroatoms. The number of rotatable bonds is 18. The van der Waals surface area contributed by atoms with Crippen LogP contribution in [0, 0.1) is 13.8 Å². The minimum absolute atomic E-state index is 0.00596. The van der Waals surface area contributed by atoms with Crippen LogP contribution in [0.15, 0.2) is 57.1 Å². The number of nitrogens with zero attached hydrogens (tertiary/aromatic N) is 3. The van der Waals surface area contributed by atoms with Gasteiger partial charge in [-0.25, -0.2) is 0 Å². The second-order valence-electron chi connectivity index (χ2n) is 14.1. The number of aromatic hydroxyl groups is 2. The second kappa shape index (κ2) is 19.0. The van der Waals surface area contributed by atoms with E-state index in [4.69, 9.17) is 0 Å². The molecule has 0 aliphatic carbocycles. The minimum Gasteiger partial charge on any atom is -0.505 e. The molecule has 0 bridgehead atoms. The van der Waals surface area contributed by atoms with E-state index in [0.29, 0.717) is 29.1 Å². The van der Waals surface area contributed by atoms with E-state index in [1.54, 1.807) is 55.1 Å². The topological polar surface area (TPSA) is 224 Å². The van der Waals surface area contributed by atoms with Gasteiger partial charge in [-0.15, -0.1) is 0 Å². The molecule has 0 fully saturated rings. The van der Waals surface area contributed by atoms with E-state index in [1.807, 2.05) is 13.8 Å². The number of hydrogen-bond acceptors (Lipinski definition) is 10. The van der Waals surface area contributed by atoms with E-state index in [9.17, 15) is 44.1 Å². The maximum atomic E-state index is 13.3. The molecule has 16 nitrogen and oxygen atoms in total. The Labute approximate surface area is 320 Å². The number of aliphatic hydroxyl groups is 1. The standard InChI is InChI=1S/C39H55N7O9/c1-9-10-35(52)43-39(14-11-32(49)40-20-27-36(53)23(2)17-24(3)44(27)6,15-12-33(50)41-21-28-37(54)30(47)18-25(4)45(28)7)16-13-34(51)42-22-29-38(55)31(48)19-26(5)46(29)8/h17-19,53-55H,2,9-16,20-22H2,1,3-8H3,(H,40,49)(H,41,50)(H,42,51)(H,43,52). The number of likely N-dealkylation sites (N-methyl/N-ethyl adjacent to an activating group) is 1. The second-order valence-corrected chi connectivity index (χ2v) is 14.1. The molecule has 0 atom stereocenters. The molecule has 1 aliphatic heterocycles. The van der Waals surface area contributed by atoms with Gasteiger partial charge in [0.1, 0.15) is 5.76 Å². The summed E-state index contributed by atoms with van der Waals surface area (Å²) in [6.07, 6.45) is 2.09. The zero-order valence-electron chi connectivity index (χ0n) is 32.9. The first kappa shape index (κ1) is 43.6. The van der Waals surface area contributed by atoms with Crippen molar-refractivity contribution in [1.82, 2.24) is 35.3 Å². The van der Waals surface area contributed by atoms with Gasteiger partial charge in [0.25, 0.3) is 0 Å². The van der Waals surface area contributed by atoms with Crippen molar-refractivity contribution in [3.05, 3.63) is 90.7 Å². The number of pyridine rings is 2. The highest BCUT2D eigenvalue weighted by Crippen LogP contribution is 2.28. The lowest BCUT2D eigenvalue weighted by molar-refractivity contribution is -0.127. The van der Waals surface area contributed by atoms with Crippen LogP contribution in [0.3, 0.4) is 0 Å². The van der Waals surface area contributed by atoms with E-state index in [0.717, 1.165) is 5.70 Å². The molecule has 3 rings (SSSR count). The Hall–Kier alpha value is -5.80. The van der Waals surface area contributed by atoms with Crippen molar-refractivity contribution in [2.24, 2.45) is 14.1 Å². The average molecular weight is 766 g/mol. The van der Waals surface area contributed by atoms with E-state index >= 15 is 0 Å². The number of aliphatic hydroxyl groups excluding tert-OH is 1. The Morgan fingerprint density at radius 2 is 1.11 bits per heavy atom. The number of carbonyl (C=O) groups excluding carboxylic acids is 4. The van der Waals surface area contributed by atoms with Crippen LogP contribution < -0.4 is 32.1 Å². The van der Waals surface area contributed by atoms with Gasteiger partial charge < -0.3 is 50.6 Å². The van der Waals surface area contributed by atoms with Gasteiger partial charge in [-0.3, -0.25) is 28.8 Å². The Kier molecular flexibility index (Phi) is 15.1. The van der Waals surface area contributed by atoms with Crippen LogP contribution in [-0.4, -0.2) is 72.1 Å². The molecule has 1 aliphatic rings. The molecule has 0 saturated carbocycles. The van der Waals surface area contributed by atoms with Crippen LogP contribution >= 0.6 is 0 Å². The highest BCUT2D eigenvalue weighted by molar-refractivity contribution is 5.80. The fourth-order valence-corrected chi connectivity index (χ4v) is 6.34. The third-order valence-electron chi connectivity index (χ3n) is 10.2. The number of nitrogens with one attached hydrogen (secondary N) is 4. The smallest absolute Gasteiger partial charge is 0.223 e. The predicted molar refractivity (Wildman–Crippen MR) is 207 cm³/mol. The normalized spacial score (nSPS) is 13.0. The van der Waals surface area contributed by atoms with E-state index < -0.39 is 45.6 Å². The highest BCUT2D eigenvalue weighted by atomic mass is 16.3. The number of allylic oxidation sites excluding steroid dienone is 2. The molecule has 0 radical (unpaired) electrons. The lowest BCUT2D eigenvalue weighted by Crippen LogP contribution is -2.50. The Morgan fingerprint density at radius 3 is 1.53 bits per heavy atom. The zero-order valence-corrected chi connectivity index (χ0v) is 32.9. The summed E-state index contributed by atoms with van der Waals surface area (Å²) in [4.78, 5) is 79.1. The van der Waals surface area contributed by atoms with Crippen molar-refractivity contribution in [2.45, 2.75) is 97.7 Å². The summed E-state index contributed by atoms with van der Waals surface area (Å²) in [6.45, 7) is 10.6.